The lowest BCUT2D eigenvalue weighted by Crippen LogP contribution is -2.23. The van der Waals surface area contributed by atoms with Crippen molar-refractivity contribution in [2.24, 2.45) is 0 Å². The number of pyridine rings is 1. The van der Waals surface area contributed by atoms with E-state index in [9.17, 15) is 18.3 Å². The van der Waals surface area contributed by atoms with Gasteiger partial charge in [0.1, 0.15) is 0 Å². The first kappa shape index (κ1) is 21.7. The van der Waals surface area contributed by atoms with Gasteiger partial charge in [0.15, 0.2) is 5.82 Å². The molecule has 2 rings (SSSR count). The van der Waals surface area contributed by atoms with Crippen LogP contribution in [0.15, 0.2) is 29.3 Å². The number of carboxylic acids is 1. The van der Waals surface area contributed by atoms with Gasteiger partial charge in [-0.05, 0) is 56.0 Å². The van der Waals surface area contributed by atoms with Crippen LogP contribution in [0.2, 0.25) is 0 Å². The maximum absolute atomic E-state index is 13.1. The molecule has 0 aliphatic rings. The molecule has 0 unspecified atom stereocenters. The Kier molecular flexibility index (Phi) is 6.66. The summed E-state index contributed by atoms with van der Waals surface area (Å²) in [6.07, 6.45) is 3.11. The number of aromatic carboxylic acids is 1. The lowest BCUT2D eigenvalue weighted by atomic mass is 10.1. The van der Waals surface area contributed by atoms with E-state index in [4.69, 9.17) is 0 Å². The molecule has 0 amide bonds. The number of hydrogen-bond donors (Lipinski definition) is 2. The molecule has 0 saturated heterocycles. The van der Waals surface area contributed by atoms with Crippen LogP contribution < -0.4 is 9.62 Å². The molecule has 2 aromatic rings. The van der Waals surface area contributed by atoms with Gasteiger partial charge in [0.25, 0.3) is 10.0 Å². The molecule has 152 valence electrons. The van der Waals surface area contributed by atoms with Crippen LogP contribution in [0.5, 0.6) is 0 Å². The highest BCUT2D eigenvalue weighted by Crippen LogP contribution is 2.28. The first-order chi connectivity index (χ1) is 13.1. The van der Waals surface area contributed by atoms with Gasteiger partial charge in [-0.3, -0.25) is 4.72 Å². The first-order valence-electron chi connectivity index (χ1n) is 9.12. The topological polar surface area (TPSA) is 99.6 Å². The van der Waals surface area contributed by atoms with E-state index >= 15 is 0 Å². The highest BCUT2D eigenvalue weighted by atomic mass is 32.2. The lowest BCUT2D eigenvalue weighted by molar-refractivity contribution is 0.0696. The number of benzene rings is 1. The van der Waals surface area contributed by atoms with E-state index in [2.05, 4.69) is 16.6 Å². The summed E-state index contributed by atoms with van der Waals surface area (Å²) in [7, 11) is -2.11. The predicted molar refractivity (Wildman–Crippen MR) is 111 cm³/mol. The number of nitrogens with zero attached hydrogens (tertiary/aromatic N) is 2. The normalized spacial score (nSPS) is 11.3. The van der Waals surface area contributed by atoms with Crippen LogP contribution in [-0.4, -0.2) is 38.1 Å². The summed E-state index contributed by atoms with van der Waals surface area (Å²) in [5, 5.41) is 9.28. The molecule has 0 bridgehead atoms. The summed E-state index contributed by atoms with van der Waals surface area (Å²) >= 11 is 0. The minimum absolute atomic E-state index is 0.0813. The van der Waals surface area contributed by atoms with Crippen molar-refractivity contribution in [3.05, 3.63) is 46.6 Å². The van der Waals surface area contributed by atoms with Gasteiger partial charge in [-0.15, -0.1) is 0 Å². The average Bonchev–Trinajstić information content (AvgIpc) is 2.62. The molecule has 0 aliphatic heterocycles. The number of carboxylic acid groups (broad SMARTS) is 1. The Bertz CT molecular complexity index is 987. The number of sulfonamides is 1. The second-order valence-electron chi connectivity index (χ2n) is 6.98. The van der Waals surface area contributed by atoms with Gasteiger partial charge in [-0.2, -0.15) is 0 Å². The smallest absolute Gasteiger partial charge is 0.337 e. The molecule has 0 atom stereocenters. The fraction of sp³-hybridized carbons (Fsp3) is 0.400. The summed E-state index contributed by atoms with van der Waals surface area (Å²) in [4.78, 5) is 17.5. The Morgan fingerprint density at radius 1 is 1.14 bits per heavy atom. The van der Waals surface area contributed by atoms with Gasteiger partial charge < -0.3 is 10.0 Å². The van der Waals surface area contributed by atoms with E-state index in [1.807, 2.05) is 24.8 Å². The van der Waals surface area contributed by atoms with Crippen molar-refractivity contribution in [3.63, 3.8) is 0 Å². The molecule has 2 N–H and O–H groups in total. The zero-order chi connectivity index (χ0) is 21.1. The van der Waals surface area contributed by atoms with Crippen molar-refractivity contribution < 1.29 is 18.3 Å². The second-order valence-corrected chi connectivity index (χ2v) is 8.63. The highest BCUT2D eigenvalue weighted by molar-refractivity contribution is 7.92. The van der Waals surface area contributed by atoms with Gasteiger partial charge in [-0.1, -0.05) is 19.4 Å². The van der Waals surface area contributed by atoms with Crippen molar-refractivity contribution in [2.45, 2.75) is 45.4 Å². The number of anilines is 2. The van der Waals surface area contributed by atoms with E-state index in [1.165, 1.54) is 12.3 Å². The molecule has 1 heterocycles. The van der Waals surface area contributed by atoms with E-state index in [0.717, 1.165) is 24.0 Å². The van der Waals surface area contributed by atoms with Crippen LogP contribution in [0.25, 0.3) is 0 Å². The summed E-state index contributed by atoms with van der Waals surface area (Å²) in [5.41, 5.74) is 2.56. The van der Waals surface area contributed by atoms with Gasteiger partial charge in [0, 0.05) is 19.8 Å². The zero-order valence-electron chi connectivity index (χ0n) is 16.9. The van der Waals surface area contributed by atoms with Crippen molar-refractivity contribution in [3.8, 4) is 0 Å². The number of hydrogen-bond acceptors (Lipinski definition) is 5. The van der Waals surface area contributed by atoms with E-state index in [0.29, 0.717) is 17.9 Å². The van der Waals surface area contributed by atoms with E-state index in [-0.39, 0.29) is 16.1 Å². The largest absolute Gasteiger partial charge is 0.478 e. The summed E-state index contributed by atoms with van der Waals surface area (Å²) in [6.45, 7) is 8.24. The Balaban J connectivity index is 2.51. The molecule has 1 aromatic heterocycles. The molecule has 0 saturated carbocycles. The van der Waals surface area contributed by atoms with Crippen LogP contribution in [0.3, 0.4) is 0 Å². The number of carbonyl (C=O) groups is 1. The fourth-order valence-electron chi connectivity index (χ4n) is 2.88. The molecular weight excluding hydrogens is 378 g/mol. The SMILES string of the molecule is CCCCN(C)c1ncc(C(=O)O)cc1NS(=O)(=O)c1cc(C)c(C)cc1C. The summed E-state index contributed by atoms with van der Waals surface area (Å²) < 4.78 is 28.7. The van der Waals surface area contributed by atoms with Crippen molar-refractivity contribution in [1.29, 1.82) is 0 Å². The number of rotatable bonds is 8. The molecule has 0 spiro atoms. The van der Waals surface area contributed by atoms with Crippen LogP contribution in [0.4, 0.5) is 11.5 Å². The maximum Gasteiger partial charge on any atom is 0.337 e. The molecule has 1 aromatic carbocycles. The molecule has 0 fully saturated rings. The zero-order valence-corrected chi connectivity index (χ0v) is 17.7. The Hall–Kier alpha value is -2.61. The predicted octanol–water partition coefficient (Wildman–Crippen LogP) is 3.74. The lowest BCUT2D eigenvalue weighted by Gasteiger charge is -2.22. The van der Waals surface area contributed by atoms with Crippen LogP contribution in [-0.2, 0) is 10.0 Å². The van der Waals surface area contributed by atoms with E-state index in [1.54, 1.807) is 20.0 Å². The standard InChI is InChI=1S/C20H27N3O4S/c1-6-7-8-23(5)19-17(11-16(12-21-19)20(24)25)22-28(26,27)18-10-14(3)13(2)9-15(18)4/h9-12,22H,6-8H2,1-5H3,(H,24,25). The van der Waals surface area contributed by atoms with Gasteiger partial charge in [0.05, 0.1) is 16.1 Å². The third-order valence-electron chi connectivity index (χ3n) is 4.65. The molecule has 28 heavy (non-hydrogen) atoms. The third-order valence-corrected chi connectivity index (χ3v) is 6.15. The van der Waals surface area contributed by atoms with E-state index < -0.39 is 16.0 Å². The van der Waals surface area contributed by atoms with Crippen LogP contribution >= 0.6 is 0 Å². The molecular formula is C20H27N3O4S. The average molecular weight is 406 g/mol. The van der Waals surface area contributed by atoms with Crippen molar-refractivity contribution >= 4 is 27.5 Å². The minimum Gasteiger partial charge on any atom is -0.478 e. The van der Waals surface area contributed by atoms with Crippen LogP contribution in [0, 0.1) is 20.8 Å². The first-order valence-corrected chi connectivity index (χ1v) is 10.6. The molecule has 0 radical (unpaired) electrons. The van der Waals surface area contributed by atoms with Crippen molar-refractivity contribution in [2.75, 3.05) is 23.2 Å². The number of nitrogens with one attached hydrogen (secondary N) is 1. The number of aryl methyl sites for hydroxylation is 3. The van der Waals surface area contributed by atoms with Gasteiger partial charge >= 0.3 is 5.97 Å². The Labute approximate surface area is 166 Å². The van der Waals surface area contributed by atoms with Crippen molar-refractivity contribution in [1.82, 2.24) is 4.98 Å². The quantitative estimate of drug-likeness (QED) is 0.694. The molecule has 8 heteroatoms. The van der Waals surface area contributed by atoms with Gasteiger partial charge in [-0.25, -0.2) is 18.2 Å². The molecule has 7 nitrogen and oxygen atoms in total. The molecule has 0 aliphatic carbocycles. The fourth-order valence-corrected chi connectivity index (χ4v) is 4.24. The minimum atomic E-state index is -3.91. The van der Waals surface area contributed by atoms with Gasteiger partial charge in [0.2, 0.25) is 0 Å². The number of aromatic nitrogens is 1. The summed E-state index contributed by atoms with van der Waals surface area (Å²) in [5.74, 6) is -0.776. The third kappa shape index (κ3) is 4.81. The summed E-state index contributed by atoms with van der Waals surface area (Å²) in [6, 6.07) is 4.76. The Morgan fingerprint density at radius 2 is 1.79 bits per heavy atom. The second kappa shape index (κ2) is 8.60. The number of unbranched alkanes of at least 4 members (excludes halogenated alkanes) is 1. The van der Waals surface area contributed by atoms with Crippen LogP contribution in [0.1, 0.15) is 46.8 Å². The highest BCUT2D eigenvalue weighted by Gasteiger charge is 2.22. The monoisotopic (exact) mass is 405 g/mol. The maximum atomic E-state index is 13.1. The Morgan fingerprint density at radius 3 is 2.39 bits per heavy atom.